The van der Waals surface area contributed by atoms with Crippen molar-refractivity contribution in [1.82, 2.24) is 0 Å². The van der Waals surface area contributed by atoms with Crippen LogP contribution in [0.1, 0.15) is 5.56 Å². The average Bonchev–Trinajstić information content (AvgIpc) is 2.25. The zero-order valence-corrected chi connectivity index (χ0v) is 7.93. The molecule has 0 aromatic heterocycles. The number of hydrogen-bond donors (Lipinski definition) is 2. The minimum atomic E-state index is -0.0517. The third-order valence-corrected chi connectivity index (χ3v) is 1.83. The van der Waals surface area contributed by atoms with Crippen LogP contribution in [0.3, 0.4) is 0 Å². The molecule has 0 saturated heterocycles. The Morgan fingerprint density at radius 1 is 1.14 bits per heavy atom. The summed E-state index contributed by atoms with van der Waals surface area (Å²) >= 11 is 0. The summed E-state index contributed by atoms with van der Waals surface area (Å²) in [7, 11) is 0. The summed E-state index contributed by atoms with van der Waals surface area (Å²) in [5, 5.41) is 17.5. The first-order chi connectivity index (χ1) is 6.86. The van der Waals surface area contributed by atoms with Gasteiger partial charge in [0.05, 0.1) is 13.2 Å². The van der Waals surface area contributed by atoms with Crippen LogP contribution in [-0.2, 0) is 0 Å². The van der Waals surface area contributed by atoms with Gasteiger partial charge < -0.3 is 10.2 Å². The van der Waals surface area contributed by atoms with Crippen LogP contribution in [0.15, 0.2) is 48.1 Å². The van der Waals surface area contributed by atoms with Crippen LogP contribution in [0, 0.1) is 0 Å². The van der Waals surface area contributed by atoms with E-state index in [-0.39, 0.29) is 13.2 Å². The number of aliphatic hydroxyl groups is 2. The Morgan fingerprint density at radius 2 is 1.86 bits per heavy atom. The van der Waals surface area contributed by atoms with Crippen LogP contribution in [0.4, 0.5) is 0 Å². The summed E-state index contributed by atoms with van der Waals surface area (Å²) in [5.74, 6) is 0. The molecule has 0 heterocycles. The van der Waals surface area contributed by atoms with E-state index >= 15 is 0 Å². The van der Waals surface area contributed by atoms with Gasteiger partial charge in [-0.25, -0.2) is 0 Å². The highest BCUT2D eigenvalue weighted by atomic mass is 16.3. The van der Waals surface area contributed by atoms with Crippen molar-refractivity contribution in [2.45, 2.75) is 0 Å². The van der Waals surface area contributed by atoms with Gasteiger partial charge in [0.15, 0.2) is 0 Å². The highest BCUT2D eigenvalue weighted by molar-refractivity contribution is 5.52. The SMILES string of the molecule is OC/C=C(\C=C\c1ccccc1)CO. The van der Waals surface area contributed by atoms with E-state index in [4.69, 9.17) is 10.2 Å². The zero-order chi connectivity index (χ0) is 10.2. The molecule has 0 aliphatic carbocycles. The monoisotopic (exact) mass is 190 g/mol. The smallest absolute Gasteiger partial charge is 0.0679 e. The third-order valence-electron chi connectivity index (χ3n) is 1.83. The predicted molar refractivity (Wildman–Crippen MR) is 57.7 cm³/mol. The van der Waals surface area contributed by atoms with E-state index in [1.54, 1.807) is 12.2 Å². The Kier molecular flexibility index (Phi) is 4.69. The molecule has 0 atom stereocenters. The first kappa shape index (κ1) is 10.7. The molecule has 2 nitrogen and oxygen atoms in total. The molecule has 0 spiro atoms. The van der Waals surface area contributed by atoms with E-state index in [0.29, 0.717) is 0 Å². The molecule has 0 bridgehead atoms. The molecule has 0 aliphatic heterocycles. The lowest BCUT2D eigenvalue weighted by molar-refractivity contribution is 0.323. The fraction of sp³-hybridized carbons (Fsp3) is 0.167. The van der Waals surface area contributed by atoms with Crippen LogP contribution < -0.4 is 0 Å². The maximum Gasteiger partial charge on any atom is 0.0679 e. The van der Waals surface area contributed by atoms with Crippen molar-refractivity contribution in [2.75, 3.05) is 13.2 Å². The maximum atomic E-state index is 8.90. The molecule has 2 heteroatoms. The van der Waals surface area contributed by atoms with E-state index in [2.05, 4.69) is 0 Å². The van der Waals surface area contributed by atoms with Crippen LogP contribution in [0.5, 0.6) is 0 Å². The second-order valence-electron chi connectivity index (χ2n) is 2.86. The standard InChI is InChI=1S/C12H14O2/c13-9-8-12(10-14)7-6-11-4-2-1-3-5-11/h1-8,13-14H,9-10H2/b7-6+,12-8+. The van der Waals surface area contributed by atoms with Crippen molar-refractivity contribution >= 4 is 6.08 Å². The zero-order valence-electron chi connectivity index (χ0n) is 7.93. The summed E-state index contributed by atoms with van der Waals surface area (Å²) in [6.45, 7) is -0.0983. The van der Waals surface area contributed by atoms with Crippen molar-refractivity contribution < 1.29 is 10.2 Å². The molecular formula is C12H14O2. The Bertz CT molecular complexity index is 312. The van der Waals surface area contributed by atoms with Crippen molar-refractivity contribution in [3.63, 3.8) is 0 Å². The molecule has 0 unspecified atom stereocenters. The molecule has 14 heavy (non-hydrogen) atoms. The van der Waals surface area contributed by atoms with Crippen molar-refractivity contribution in [1.29, 1.82) is 0 Å². The first-order valence-electron chi connectivity index (χ1n) is 4.50. The lowest BCUT2D eigenvalue weighted by Crippen LogP contribution is -1.88. The van der Waals surface area contributed by atoms with Gasteiger partial charge in [-0.15, -0.1) is 0 Å². The van der Waals surface area contributed by atoms with E-state index in [1.807, 2.05) is 36.4 Å². The average molecular weight is 190 g/mol. The van der Waals surface area contributed by atoms with E-state index in [0.717, 1.165) is 11.1 Å². The van der Waals surface area contributed by atoms with Gasteiger partial charge in [-0.2, -0.15) is 0 Å². The summed E-state index contributed by atoms with van der Waals surface area (Å²) in [5.41, 5.74) is 1.79. The highest BCUT2D eigenvalue weighted by Crippen LogP contribution is 2.04. The van der Waals surface area contributed by atoms with Gasteiger partial charge in [-0.05, 0) is 11.1 Å². The van der Waals surface area contributed by atoms with Crippen molar-refractivity contribution in [3.05, 3.63) is 53.6 Å². The van der Waals surface area contributed by atoms with Gasteiger partial charge in [-0.3, -0.25) is 0 Å². The molecule has 2 N–H and O–H groups in total. The van der Waals surface area contributed by atoms with Gasteiger partial charge in [0.25, 0.3) is 0 Å². The lowest BCUT2D eigenvalue weighted by Gasteiger charge is -1.95. The summed E-state index contributed by atoms with van der Waals surface area (Å²) in [6.07, 6.45) is 5.28. The van der Waals surface area contributed by atoms with Gasteiger partial charge in [0.1, 0.15) is 0 Å². The summed E-state index contributed by atoms with van der Waals surface area (Å²) < 4.78 is 0. The predicted octanol–water partition coefficient (Wildman–Crippen LogP) is 1.61. The molecule has 1 aromatic rings. The fourth-order valence-electron chi connectivity index (χ4n) is 1.07. The Morgan fingerprint density at radius 3 is 2.43 bits per heavy atom. The quantitative estimate of drug-likeness (QED) is 0.708. The molecular weight excluding hydrogens is 176 g/mol. The fourth-order valence-corrected chi connectivity index (χ4v) is 1.07. The van der Waals surface area contributed by atoms with Crippen molar-refractivity contribution in [3.8, 4) is 0 Å². The molecule has 0 fully saturated rings. The Hall–Kier alpha value is -1.38. The third kappa shape index (κ3) is 3.56. The molecule has 74 valence electrons. The second-order valence-corrected chi connectivity index (χ2v) is 2.86. The number of hydrogen-bond acceptors (Lipinski definition) is 2. The lowest BCUT2D eigenvalue weighted by atomic mass is 10.1. The van der Waals surface area contributed by atoms with Crippen LogP contribution in [-0.4, -0.2) is 23.4 Å². The van der Waals surface area contributed by atoms with E-state index < -0.39 is 0 Å². The topological polar surface area (TPSA) is 40.5 Å². The van der Waals surface area contributed by atoms with Crippen LogP contribution in [0.2, 0.25) is 0 Å². The number of aliphatic hydroxyl groups excluding tert-OH is 2. The maximum absolute atomic E-state index is 8.90. The molecule has 1 rings (SSSR count). The summed E-state index contributed by atoms with van der Waals surface area (Å²) in [4.78, 5) is 0. The molecule has 0 saturated carbocycles. The van der Waals surface area contributed by atoms with Gasteiger partial charge in [0, 0.05) is 0 Å². The Balaban J connectivity index is 2.68. The first-order valence-corrected chi connectivity index (χ1v) is 4.50. The normalized spacial score (nSPS) is 12.3. The summed E-state index contributed by atoms with van der Waals surface area (Å²) in [6, 6.07) is 9.81. The van der Waals surface area contributed by atoms with E-state index in [9.17, 15) is 0 Å². The van der Waals surface area contributed by atoms with Gasteiger partial charge in [0.2, 0.25) is 0 Å². The molecule has 0 radical (unpaired) electrons. The molecule has 1 aromatic carbocycles. The van der Waals surface area contributed by atoms with E-state index in [1.165, 1.54) is 0 Å². The largest absolute Gasteiger partial charge is 0.392 e. The van der Waals surface area contributed by atoms with Crippen LogP contribution >= 0.6 is 0 Å². The minimum Gasteiger partial charge on any atom is -0.392 e. The van der Waals surface area contributed by atoms with Gasteiger partial charge in [-0.1, -0.05) is 48.6 Å². The van der Waals surface area contributed by atoms with Gasteiger partial charge >= 0.3 is 0 Å². The number of rotatable bonds is 4. The second kappa shape index (κ2) is 6.13. The molecule has 0 aliphatic rings. The minimum absolute atomic E-state index is 0.0466. The van der Waals surface area contributed by atoms with Crippen molar-refractivity contribution in [2.24, 2.45) is 0 Å². The Labute approximate surface area is 83.8 Å². The van der Waals surface area contributed by atoms with Crippen LogP contribution in [0.25, 0.3) is 6.08 Å². The molecule has 0 amide bonds. The number of benzene rings is 1. The highest BCUT2D eigenvalue weighted by Gasteiger charge is 1.88.